The van der Waals surface area contributed by atoms with Gasteiger partial charge in [0.1, 0.15) is 0 Å². The summed E-state index contributed by atoms with van der Waals surface area (Å²) in [5.74, 6) is 0.00656. The van der Waals surface area contributed by atoms with Crippen molar-refractivity contribution in [3.05, 3.63) is 45.4 Å². The second-order valence-electron chi connectivity index (χ2n) is 7.24. The number of hydrogen-bond donors (Lipinski definition) is 2. The molecular formula is C20H24N4O2S. The van der Waals surface area contributed by atoms with E-state index in [4.69, 9.17) is 0 Å². The number of carbonyl (C=O) groups is 2. The van der Waals surface area contributed by atoms with E-state index >= 15 is 0 Å². The van der Waals surface area contributed by atoms with E-state index < -0.39 is 5.41 Å². The van der Waals surface area contributed by atoms with Crippen LogP contribution in [0, 0.1) is 6.92 Å². The number of para-hydroxylation sites is 1. The predicted molar refractivity (Wildman–Crippen MR) is 106 cm³/mol. The molecular weight excluding hydrogens is 360 g/mol. The third-order valence-electron chi connectivity index (χ3n) is 5.54. The molecule has 2 aliphatic heterocycles. The van der Waals surface area contributed by atoms with Gasteiger partial charge in [-0.3, -0.25) is 4.79 Å². The monoisotopic (exact) mass is 384 g/mol. The molecule has 2 aliphatic rings. The van der Waals surface area contributed by atoms with Crippen molar-refractivity contribution in [2.45, 2.75) is 45.1 Å². The molecule has 1 aromatic carbocycles. The predicted octanol–water partition coefficient (Wildman–Crippen LogP) is 3.21. The number of hydrogen-bond acceptors (Lipinski definition) is 4. The SMILES string of the molecule is CCc1nc(C)c(CNC(=O)N2CCC[C@]3(C2)C(=O)Nc2ccccc23)s1. The number of likely N-dealkylation sites (tertiary alicyclic amines) is 1. The lowest BCUT2D eigenvalue weighted by Crippen LogP contribution is -2.54. The molecule has 0 aliphatic carbocycles. The van der Waals surface area contributed by atoms with Gasteiger partial charge in [0.15, 0.2) is 0 Å². The van der Waals surface area contributed by atoms with Crippen molar-refractivity contribution >= 4 is 29.0 Å². The Balaban J connectivity index is 1.47. The molecule has 0 unspecified atom stereocenters. The summed E-state index contributed by atoms with van der Waals surface area (Å²) in [4.78, 5) is 32.9. The Hall–Kier alpha value is -2.41. The normalized spacial score (nSPS) is 21.3. The van der Waals surface area contributed by atoms with Crippen molar-refractivity contribution in [2.24, 2.45) is 0 Å². The van der Waals surface area contributed by atoms with Gasteiger partial charge in [-0.1, -0.05) is 25.1 Å². The number of carbonyl (C=O) groups excluding carboxylic acids is 2. The van der Waals surface area contributed by atoms with Gasteiger partial charge in [-0.25, -0.2) is 9.78 Å². The second kappa shape index (κ2) is 6.96. The number of rotatable bonds is 3. The highest BCUT2D eigenvalue weighted by Crippen LogP contribution is 2.43. The van der Waals surface area contributed by atoms with E-state index in [1.807, 2.05) is 31.2 Å². The molecule has 1 aromatic heterocycles. The fourth-order valence-electron chi connectivity index (χ4n) is 4.08. The number of anilines is 1. The zero-order chi connectivity index (χ0) is 19.0. The van der Waals surface area contributed by atoms with Crippen LogP contribution in [0.15, 0.2) is 24.3 Å². The number of nitrogens with one attached hydrogen (secondary N) is 2. The van der Waals surface area contributed by atoms with Gasteiger partial charge in [-0.2, -0.15) is 0 Å². The summed E-state index contributed by atoms with van der Waals surface area (Å²) in [7, 11) is 0. The Morgan fingerprint density at radius 3 is 3.00 bits per heavy atom. The molecule has 2 aromatic rings. The first-order valence-corrected chi connectivity index (χ1v) is 10.2. The first-order chi connectivity index (χ1) is 13.0. The minimum atomic E-state index is -0.623. The molecule has 4 rings (SSSR count). The summed E-state index contributed by atoms with van der Waals surface area (Å²) in [6, 6.07) is 7.70. The maximum atomic E-state index is 12.8. The zero-order valence-electron chi connectivity index (χ0n) is 15.7. The maximum Gasteiger partial charge on any atom is 0.317 e. The number of urea groups is 1. The highest BCUT2D eigenvalue weighted by Gasteiger charge is 2.49. The Morgan fingerprint density at radius 2 is 2.22 bits per heavy atom. The highest BCUT2D eigenvalue weighted by atomic mass is 32.1. The highest BCUT2D eigenvalue weighted by molar-refractivity contribution is 7.11. The Labute approximate surface area is 163 Å². The van der Waals surface area contributed by atoms with Gasteiger partial charge in [-0.15, -0.1) is 11.3 Å². The largest absolute Gasteiger partial charge is 0.333 e. The zero-order valence-corrected chi connectivity index (χ0v) is 16.5. The van der Waals surface area contributed by atoms with E-state index in [1.165, 1.54) is 0 Å². The molecule has 1 fully saturated rings. The number of aryl methyl sites for hydroxylation is 2. The lowest BCUT2D eigenvalue weighted by molar-refractivity contribution is -0.122. The van der Waals surface area contributed by atoms with Crippen molar-refractivity contribution in [3.8, 4) is 0 Å². The fraction of sp³-hybridized carbons (Fsp3) is 0.450. The molecule has 27 heavy (non-hydrogen) atoms. The summed E-state index contributed by atoms with van der Waals surface area (Å²) < 4.78 is 0. The lowest BCUT2D eigenvalue weighted by Gasteiger charge is -2.39. The average molecular weight is 385 g/mol. The second-order valence-corrected chi connectivity index (χ2v) is 8.40. The number of piperidine rings is 1. The molecule has 6 nitrogen and oxygen atoms in total. The molecule has 0 bridgehead atoms. The van der Waals surface area contributed by atoms with Crippen LogP contribution in [0.3, 0.4) is 0 Å². The summed E-state index contributed by atoms with van der Waals surface area (Å²) >= 11 is 1.65. The van der Waals surface area contributed by atoms with Crippen molar-refractivity contribution in [1.29, 1.82) is 0 Å². The van der Waals surface area contributed by atoms with Crippen molar-refractivity contribution in [3.63, 3.8) is 0 Å². The van der Waals surface area contributed by atoms with Crippen molar-refractivity contribution in [1.82, 2.24) is 15.2 Å². The quantitative estimate of drug-likeness (QED) is 0.853. The standard InChI is InChI=1S/C20H24N4O2S/c1-3-17-22-13(2)16(27-17)11-21-19(26)24-10-6-9-20(12-24)14-7-4-5-8-15(14)23-18(20)25/h4-5,7-8H,3,6,9-12H2,1-2H3,(H,21,26)(H,23,25)/t20-/m1/s1. The van der Waals surface area contributed by atoms with Gasteiger partial charge < -0.3 is 15.5 Å². The van der Waals surface area contributed by atoms with Gasteiger partial charge in [0, 0.05) is 23.7 Å². The number of aromatic nitrogens is 1. The van der Waals surface area contributed by atoms with Gasteiger partial charge in [0.25, 0.3) is 0 Å². The summed E-state index contributed by atoms with van der Waals surface area (Å²) in [6.45, 7) is 5.63. The van der Waals surface area contributed by atoms with E-state index in [9.17, 15) is 9.59 Å². The first-order valence-electron chi connectivity index (χ1n) is 9.42. The molecule has 1 spiro atoms. The van der Waals surface area contributed by atoms with Gasteiger partial charge >= 0.3 is 6.03 Å². The summed E-state index contributed by atoms with van der Waals surface area (Å²) in [6.07, 6.45) is 2.49. The number of thiazole rings is 1. The van der Waals surface area contributed by atoms with E-state index in [-0.39, 0.29) is 11.9 Å². The summed E-state index contributed by atoms with van der Waals surface area (Å²) in [5, 5.41) is 7.10. The van der Waals surface area contributed by atoms with E-state index in [0.29, 0.717) is 19.6 Å². The minimum Gasteiger partial charge on any atom is -0.333 e. The van der Waals surface area contributed by atoms with Crippen LogP contribution in [0.1, 0.15) is 40.9 Å². The van der Waals surface area contributed by atoms with E-state index in [0.717, 1.165) is 46.1 Å². The third-order valence-corrected chi connectivity index (χ3v) is 6.85. The molecule has 1 saturated heterocycles. The Morgan fingerprint density at radius 1 is 1.41 bits per heavy atom. The first kappa shape index (κ1) is 18.0. The van der Waals surface area contributed by atoms with Crippen LogP contribution >= 0.6 is 11.3 Å². The molecule has 2 N–H and O–H groups in total. The van der Waals surface area contributed by atoms with E-state index in [2.05, 4.69) is 22.5 Å². The van der Waals surface area contributed by atoms with Crippen LogP contribution in [0.25, 0.3) is 0 Å². The van der Waals surface area contributed by atoms with Gasteiger partial charge in [-0.05, 0) is 37.8 Å². The van der Waals surface area contributed by atoms with Crippen LogP contribution in [0.4, 0.5) is 10.5 Å². The number of benzene rings is 1. The molecule has 0 saturated carbocycles. The number of amides is 3. The fourth-order valence-corrected chi connectivity index (χ4v) is 5.03. The molecule has 7 heteroatoms. The lowest BCUT2D eigenvalue weighted by atomic mass is 9.75. The van der Waals surface area contributed by atoms with Crippen LogP contribution in [0.5, 0.6) is 0 Å². The molecule has 142 valence electrons. The van der Waals surface area contributed by atoms with Gasteiger partial charge in [0.2, 0.25) is 5.91 Å². The molecule has 3 amide bonds. The Bertz CT molecular complexity index is 894. The van der Waals surface area contributed by atoms with Gasteiger partial charge in [0.05, 0.1) is 22.7 Å². The maximum absolute atomic E-state index is 12.8. The van der Waals surface area contributed by atoms with Crippen molar-refractivity contribution in [2.75, 3.05) is 18.4 Å². The number of fused-ring (bicyclic) bond motifs is 2. The summed E-state index contributed by atoms with van der Waals surface area (Å²) in [5.41, 5.74) is 2.24. The number of nitrogens with zero attached hydrogens (tertiary/aromatic N) is 2. The molecule has 3 heterocycles. The Kier molecular flexibility index (Phi) is 4.63. The van der Waals surface area contributed by atoms with Crippen LogP contribution < -0.4 is 10.6 Å². The minimum absolute atomic E-state index is 0.00656. The third kappa shape index (κ3) is 3.10. The van der Waals surface area contributed by atoms with Crippen molar-refractivity contribution < 1.29 is 9.59 Å². The topological polar surface area (TPSA) is 74.3 Å². The van der Waals surface area contributed by atoms with Crippen LogP contribution in [0.2, 0.25) is 0 Å². The average Bonchev–Trinajstić information content (AvgIpc) is 3.18. The van der Waals surface area contributed by atoms with Crippen LogP contribution in [-0.2, 0) is 23.2 Å². The molecule has 1 atom stereocenters. The van der Waals surface area contributed by atoms with Crippen LogP contribution in [-0.4, -0.2) is 34.9 Å². The van der Waals surface area contributed by atoms with E-state index in [1.54, 1.807) is 16.2 Å². The smallest absolute Gasteiger partial charge is 0.317 e. The molecule has 0 radical (unpaired) electrons.